The van der Waals surface area contributed by atoms with Gasteiger partial charge in [0.25, 0.3) is 10.0 Å². The van der Waals surface area contributed by atoms with Crippen LogP contribution in [0.4, 0.5) is 5.69 Å². The van der Waals surface area contributed by atoms with Crippen LogP contribution in [0.25, 0.3) is 0 Å². The molecule has 1 N–H and O–H groups in total. The lowest BCUT2D eigenvalue weighted by atomic mass is 10.0. The molecule has 94 valence electrons. The number of nitrogens with zero attached hydrogens (tertiary/aromatic N) is 1. The molecule has 1 aromatic heterocycles. The molecule has 1 aliphatic rings. The third-order valence-electron chi connectivity index (χ3n) is 3.12. The van der Waals surface area contributed by atoms with Crippen LogP contribution in [0.2, 0.25) is 0 Å². The van der Waals surface area contributed by atoms with E-state index in [1.807, 2.05) is 0 Å². The molecule has 0 amide bonds. The zero-order valence-electron chi connectivity index (χ0n) is 9.57. The van der Waals surface area contributed by atoms with Gasteiger partial charge in [0.2, 0.25) is 0 Å². The summed E-state index contributed by atoms with van der Waals surface area (Å²) in [6, 6.07) is 8.67. The van der Waals surface area contributed by atoms with Crippen molar-refractivity contribution in [2.75, 3.05) is 11.4 Å². The highest BCUT2D eigenvalue weighted by Gasteiger charge is 2.34. The SMILES string of the molecule is CN1c2ccccc2C(O)c2ccsc2S1(=O)=O. The van der Waals surface area contributed by atoms with Crippen LogP contribution < -0.4 is 4.31 Å². The second-order valence-corrected chi connectivity index (χ2v) is 7.18. The van der Waals surface area contributed by atoms with Crippen molar-refractivity contribution in [2.45, 2.75) is 10.3 Å². The average Bonchev–Trinajstić information content (AvgIpc) is 2.84. The lowest BCUT2D eigenvalue weighted by molar-refractivity contribution is 0.219. The molecule has 0 aliphatic carbocycles. The van der Waals surface area contributed by atoms with E-state index in [2.05, 4.69) is 0 Å². The van der Waals surface area contributed by atoms with Gasteiger partial charge in [-0.2, -0.15) is 0 Å². The van der Waals surface area contributed by atoms with Gasteiger partial charge in [0, 0.05) is 18.2 Å². The van der Waals surface area contributed by atoms with Crippen molar-refractivity contribution in [2.24, 2.45) is 0 Å². The van der Waals surface area contributed by atoms with Gasteiger partial charge in [0.1, 0.15) is 10.3 Å². The minimum Gasteiger partial charge on any atom is -0.383 e. The van der Waals surface area contributed by atoms with Crippen molar-refractivity contribution in [3.8, 4) is 0 Å². The van der Waals surface area contributed by atoms with E-state index >= 15 is 0 Å². The van der Waals surface area contributed by atoms with Gasteiger partial charge in [-0.15, -0.1) is 11.3 Å². The molecule has 1 atom stereocenters. The molecule has 2 aromatic rings. The first-order valence-electron chi connectivity index (χ1n) is 5.37. The van der Waals surface area contributed by atoms with Crippen LogP contribution in [0.1, 0.15) is 17.2 Å². The van der Waals surface area contributed by atoms with Gasteiger partial charge in [-0.3, -0.25) is 4.31 Å². The Morgan fingerprint density at radius 3 is 2.72 bits per heavy atom. The Kier molecular flexibility index (Phi) is 2.48. The van der Waals surface area contributed by atoms with Gasteiger partial charge in [-0.1, -0.05) is 18.2 Å². The standard InChI is InChI=1S/C12H11NO3S2/c1-13-10-5-3-2-4-8(10)11(14)9-6-7-17-12(9)18(13,15)16/h2-7,11,14H,1H3. The largest absolute Gasteiger partial charge is 0.383 e. The number of thiophene rings is 1. The monoisotopic (exact) mass is 281 g/mol. The Bertz CT molecular complexity index is 706. The molecule has 4 nitrogen and oxygen atoms in total. The molecule has 0 fully saturated rings. The van der Waals surface area contributed by atoms with E-state index < -0.39 is 16.1 Å². The van der Waals surface area contributed by atoms with E-state index in [0.29, 0.717) is 16.8 Å². The molecule has 0 saturated heterocycles. The molecule has 2 heterocycles. The van der Waals surface area contributed by atoms with Crippen LogP contribution in [0.5, 0.6) is 0 Å². The van der Waals surface area contributed by atoms with E-state index in [1.165, 1.54) is 11.4 Å². The Hall–Kier alpha value is -1.37. The first-order valence-corrected chi connectivity index (χ1v) is 7.69. The summed E-state index contributed by atoms with van der Waals surface area (Å²) < 4.78 is 26.3. The van der Waals surface area contributed by atoms with Gasteiger partial charge in [-0.25, -0.2) is 8.42 Å². The van der Waals surface area contributed by atoms with Gasteiger partial charge in [0.05, 0.1) is 5.69 Å². The number of aliphatic hydroxyl groups is 1. The van der Waals surface area contributed by atoms with E-state index in [4.69, 9.17) is 0 Å². The third-order valence-corrected chi connectivity index (χ3v) is 6.38. The summed E-state index contributed by atoms with van der Waals surface area (Å²) in [6.07, 6.45) is -0.901. The predicted octanol–water partition coefficient (Wildman–Crippen LogP) is 1.97. The summed E-state index contributed by atoms with van der Waals surface area (Å²) in [7, 11) is -2.06. The Labute approximate surface area is 109 Å². The average molecular weight is 281 g/mol. The van der Waals surface area contributed by atoms with Crippen LogP contribution in [-0.2, 0) is 10.0 Å². The predicted molar refractivity (Wildman–Crippen MR) is 70.4 cm³/mol. The van der Waals surface area contributed by atoms with Crippen molar-refractivity contribution in [1.29, 1.82) is 0 Å². The summed E-state index contributed by atoms with van der Waals surface area (Å²) in [5.74, 6) is 0. The number of hydrogen-bond donors (Lipinski definition) is 1. The molecule has 1 unspecified atom stereocenters. The number of aliphatic hydroxyl groups excluding tert-OH is 1. The molecular formula is C12H11NO3S2. The summed E-state index contributed by atoms with van der Waals surface area (Å²) in [6.45, 7) is 0. The lowest BCUT2D eigenvalue weighted by Crippen LogP contribution is -2.25. The van der Waals surface area contributed by atoms with Gasteiger partial charge >= 0.3 is 0 Å². The molecule has 0 saturated carbocycles. The maximum Gasteiger partial charge on any atom is 0.273 e. The van der Waals surface area contributed by atoms with E-state index in [-0.39, 0.29) is 4.21 Å². The number of para-hydroxylation sites is 1. The zero-order valence-corrected chi connectivity index (χ0v) is 11.2. The number of benzene rings is 1. The molecule has 0 radical (unpaired) electrons. The topological polar surface area (TPSA) is 57.6 Å². The fourth-order valence-electron chi connectivity index (χ4n) is 2.14. The van der Waals surface area contributed by atoms with Gasteiger partial charge < -0.3 is 5.11 Å². The normalized spacial score (nSPS) is 21.0. The van der Waals surface area contributed by atoms with Crippen LogP contribution in [0.15, 0.2) is 39.9 Å². The molecule has 0 spiro atoms. The highest BCUT2D eigenvalue weighted by molar-refractivity contribution is 7.94. The number of hydrogen-bond acceptors (Lipinski definition) is 4. The molecule has 1 aliphatic heterocycles. The first kappa shape index (κ1) is 11.7. The number of sulfonamides is 1. The smallest absolute Gasteiger partial charge is 0.273 e. The van der Waals surface area contributed by atoms with Gasteiger partial charge in [0.15, 0.2) is 0 Å². The second-order valence-electron chi connectivity index (χ2n) is 4.10. The fourth-order valence-corrected chi connectivity index (χ4v) is 4.94. The second kappa shape index (κ2) is 3.81. The summed E-state index contributed by atoms with van der Waals surface area (Å²) in [4.78, 5) is 0. The summed E-state index contributed by atoms with van der Waals surface area (Å²) >= 11 is 1.13. The maximum absolute atomic E-state index is 12.4. The first-order chi connectivity index (χ1) is 8.53. The van der Waals surface area contributed by atoms with Crippen molar-refractivity contribution >= 4 is 27.0 Å². The zero-order chi connectivity index (χ0) is 12.9. The quantitative estimate of drug-likeness (QED) is 0.803. The Morgan fingerprint density at radius 1 is 1.22 bits per heavy atom. The third kappa shape index (κ3) is 1.43. The molecule has 1 aromatic carbocycles. The highest BCUT2D eigenvalue weighted by atomic mass is 32.2. The number of fused-ring (bicyclic) bond motifs is 2. The number of anilines is 1. The van der Waals surface area contributed by atoms with Crippen LogP contribution in [-0.4, -0.2) is 20.6 Å². The van der Waals surface area contributed by atoms with Crippen LogP contribution >= 0.6 is 11.3 Å². The number of rotatable bonds is 0. The van der Waals surface area contributed by atoms with E-state index in [0.717, 1.165) is 11.3 Å². The molecule has 3 rings (SSSR count). The minimum atomic E-state index is -3.57. The maximum atomic E-state index is 12.4. The molecule has 0 bridgehead atoms. The summed E-state index contributed by atoms with van der Waals surface area (Å²) in [5.41, 5.74) is 1.59. The van der Waals surface area contributed by atoms with Crippen molar-refractivity contribution in [3.63, 3.8) is 0 Å². The summed E-state index contributed by atoms with van der Waals surface area (Å²) in [5, 5.41) is 12.0. The van der Waals surface area contributed by atoms with Crippen molar-refractivity contribution in [3.05, 3.63) is 46.8 Å². The fraction of sp³-hybridized carbons (Fsp3) is 0.167. The van der Waals surface area contributed by atoms with Gasteiger partial charge in [-0.05, 0) is 17.5 Å². The molecule has 6 heteroatoms. The highest BCUT2D eigenvalue weighted by Crippen LogP contribution is 2.41. The van der Waals surface area contributed by atoms with Crippen molar-refractivity contribution in [1.82, 2.24) is 0 Å². The Balaban J connectivity index is 2.40. The minimum absolute atomic E-state index is 0.216. The van der Waals surface area contributed by atoms with E-state index in [1.54, 1.807) is 35.7 Å². The van der Waals surface area contributed by atoms with Crippen LogP contribution in [0, 0.1) is 0 Å². The molecule has 18 heavy (non-hydrogen) atoms. The lowest BCUT2D eigenvalue weighted by Gasteiger charge is -2.19. The van der Waals surface area contributed by atoms with Crippen molar-refractivity contribution < 1.29 is 13.5 Å². The van der Waals surface area contributed by atoms with Crippen LogP contribution in [0.3, 0.4) is 0 Å². The van der Waals surface area contributed by atoms with E-state index in [9.17, 15) is 13.5 Å². The molecular weight excluding hydrogens is 270 g/mol. The Morgan fingerprint density at radius 2 is 1.94 bits per heavy atom.